The standard InChI is InChI=1S/C20H32N2O5/c1-5-18-9-12-22-10-6-7-19(14(18)22)8-11-21(3)15(19)20(25,17(24)26-4)16(18)27-13(2)23/h14-16,25H,5-12H2,1-4H3/t14-,15+,16+,18+,19+,20-/m0/s1. The number of aliphatic hydroxyl groups is 1. The van der Waals surface area contributed by atoms with E-state index in [1.165, 1.54) is 14.0 Å². The van der Waals surface area contributed by atoms with Crippen molar-refractivity contribution in [2.24, 2.45) is 10.8 Å². The van der Waals surface area contributed by atoms with E-state index in [1.807, 2.05) is 7.05 Å². The Morgan fingerprint density at radius 3 is 2.52 bits per heavy atom. The van der Waals surface area contributed by atoms with Crippen molar-refractivity contribution in [2.45, 2.75) is 69.7 Å². The molecule has 0 radical (unpaired) electrons. The van der Waals surface area contributed by atoms with Gasteiger partial charge in [0.05, 0.1) is 13.2 Å². The lowest BCUT2D eigenvalue weighted by molar-refractivity contribution is -0.258. The first kappa shape index (κ1) is 19.2. The summed E-state index contributed by atoms with van der Waals surface area (Å²) in [6.07, 6.45) is 3.68. The first-order valence-corrected chi connectivity index (χ1v) is 10.2. The van der Waals surface area contributed by atoms with Gasteiger partial charge in [-0.3, -0.25) is 14.6 Å². The Morgan fingerprint density at radius 1 is 1.15 bits per heavy atom. The average Bonchev–Trinajstić information content (AvgIpc) is 3.19. The third-order valence-electron chi connectivity index (χ3n) is 8.11. The quantitative estimate of drug-likeness (QED) is 0.725. The summed E-state index contributed by atoms with van der Waals surface area (Å²) in [5.74, 6) is -1.14. The third kappa shape index (κ3) is 2.19. The molecule has 4 fully saturated rings. The summed E-state index contributed by atoms with van der Waals surface area (Å²) in [6.45, 7) is 6.23. The van der Waals surface area contributed by atoms with Gasteiger partial charge in [0.15, 0.2) is 0 Å². The Morgan fingerprint density at radius 2 is 1.89 bits per heavy atom. The molecule has 1 aliphatic carbocycles. The molecule has 1 saturated carbocycles. The van der Waals surface area contributed by atoms with Crippen LogP contribution in [0.5, 0.6) is 0 Å². The van der Waals surface area contributed by atoms with E-state index in [2.05, 4.69) is 16.7 Å². The Balaban J connectivity index is 1.97. The largest absolute Gasteiger partial charge is 0.467 e. The van der Waals surface area contributed by atoms with Gasteiger partial charge in [-0.15, -0.1) is 0 Å². The molecule has 3 saturated heterocycles. The Kier molecular flexibility index (Phi) is 4.37. The molecular weight excluding hydrogens is 348 g/mol. The van der Waals surface area contributed by atoms with Crippen molar-refractivity contribution in [3.05, 3.63) is 0 Å². The second kappa shape index (κ2) is 6.16. The molecule has 0 unspecified atom stereocenters. The molecule has 3 aliphatic heterocycles. The lowest BCUT2D eigenvalue weighted by atomic mass is 9.47. The summed E-state index contributed by atoms with van der Waals surface area (Å²) in [4.78, 5) is 29.8. The van der Waals surface area contributed by atoms with Crippen molar-refractivity contribution in [3.63, 3.8) is 0 Å². The van der Waals surface area contributed by atoms with Crippen LogP contribution in [0.4, 0.5) is 0 Å². The van der Waals surface area contributed by atoms with Gasteiger partial charge in [0.25, 0.3) is 0 Å². The van der Waals surface area contributed by atoms with E-state index in [9.17, 15) is 14.7 Å². The number of carbonyl (C=O) groups is 2. The van der Waals surface area contributed by atoms with E-state index in [0.717, 1.165) is 51.7 Å². The smallest absolute Gasteiger partial charge is 0.343 e. The molecule has 7 heteroatoms. The van der Waals surface area contributed by atoms with Crippen molar-refractivity contribution < 1.29 is 24.2 Å². The number of esters is 2. The van der Waals surface area contributed by atoms with Gasteiger partial charge in [0.1, 0.15) is 6.10 Å². The van der Waals surface area contributed by atoms with Crippen molar-refractivity contribution >= 4 is 11.9 Å². The number of hydrogen-bond donors (Lipinski definition) is 1. The second-order valence-corrected chi connectivity index (χ2v) is 9.05. The maximum Gasteiger partial charge on any atom is 0.343 e. The van der Waals surface area contributed by atoms with E-state index in [4.69, 9.17) is 9.47 Å². The monoisotopic (exact) mass is 380 g/mol. The molecule has 0 aromatic heterocycles. The Bertz CT molecular complexity index is 652. The summed E-state index contributed by atoms with van der Waals surface area (Å²) in [7, 11) is 3.27. The van der Waals surface area contributed by atoms with Gasteiger partial charge in [0, 0.05) is 23.8 Å². The summed E-state index contributed by atoms with van der Waals surface area (Å²) < 4.78 is 10.9. The molecule has 0 aromatic carbocycles. The number of likely N-dealkylation sites (N-methyl/N-ethyl adjacent to an activating group) is 1. The van der Waals surface area contributed by atoms with Crippen LogP contribution in [0.2, 0.25) is 0 Å². The fourth-order valence-corrected chi connectivity index (χ4v) is 7.48. The summed E-state index contributed by atoms with van der Waals surface area (Å²) in [5.41, 5.74) is -2.47. The molecule has 4 aliphatic rings. The zero-order valence-electron chi connectivity index (χ0n) is 16.9. The zero-order valence-corrected chi connectivity index (χ0v) is 16.9. The highest BCUT2D eigenvalue weighted by atomic mass is 16.6. The summed E-state index contributed by atoms with van der Waals surface area (Å²) in [5, 5.41) is 12.0. The summed E-state index contributed by atoms with van der Waals surface area (Å²) in [6, 6.07) is -0.194. The molecule has 3 heterocycles. The lowest BCUT2D eigenvalue weighted by Gasteiger charge is -2.64. The van der Waals surface area contributed by atoms with Crippen molar-refractivity contribution in [3.8, 4) is 0 Å². The van der Waals surface area contributed by atoms with Crippen LogP contribution in [-0.2, 0) is 19.1 Å². The van der Waals surface area contributed by atoms with Crippen molar-refractivity contribution in [1.29, 1.82) is 0 Å². The van der Waals surface area contributed by atoms with Gasteiger partial charge in [-0.2, -0.15) is 0 Å². The predicted molar refractivity (Wildman–Crippen MR) is 97.9 cm³/mol. The van der Waals surface area contributed by atoms with Crippen LogP contribution < -0.4 is 0 Å². The van der Waals surface area contributed by atoms with Crippen LogP contribution in [0.15, 0.2) is 0 Å². The fraction of sp³-hybridized carbons (Fsp3) is 0.900. The molecule has 0 amide bonds. The first-order valence-electron chi connectivity index (χ1n) is 10.2. The minimum atomic E-state index is -1.86. The van der Waals surface area contributed by atoms with Gasteiger partial charge in [-0.1, -0.05) is 6.92 Å². The molecule has 6 atom stereocenters. The number of methoxy groups -OCH3 is 1. The zero-order chi connectivity index (χ0) is 19.6. The minimum Gasteiger partial charge on any atom is -0.467 e. The van der Waals surface area contributed by atoms with Crippen molar-refractivity contribution in [2.75, 3.05) is 33.8 Å². The highest BCUT2D eigenvalue weighted by Crippen LogP contribution is 2.66. The van der Waals surface area contributed by atoms with E-state index in [0.29, 0.717) is 0 Å². The van der Waals surface area contributed by atoms with Gasteiger partial charge < -0.3 is 14.6 Å². The maximum absolute atomic E-state index is 13.1. The number of piperidine rings is 1. The minimum absolute atomic E-state index is 0.181. The number of ether oxygens (including phenoxy) is 2. The molecular formula is C20H32N2O5. The molecule has 4 rings (SSSR count). The average molecular weight is 380 g/mol. The molecule has 1 N–H and O–H groups in total. The molecule has 152 valence electrons. The van der Waals surface area contributed by atoms with Gasteiger partial charge in [0.2, 0.25) is 5.60 Å². The summed E-state index contributed by atoms with van der Waals surface area (Å²) >= 11 is 0. The third-order valence-corrected chi connectivity index (χ3v) is 8.11. The van der Waals surface area contributed by atoms with Crippen LogP contribution >= 0.6 is 0 Å². The molecule has 1 spiro atoms. The molecule has 0 bridgehead atoms. The van der Waals surface area contributed by atoms with E-state index in [1.54, 1.807) is 0 Å². The first-order chi connectivity index (χ1) is 12.8. The highest BCUT2D eigenvalue weighted by Gasteiger charge is 2.79. The van der Waals surface area contributed by atoms with Gasteiger partial charge in [-0.25, -0.2) is 4.79 Å². The van der Waals surface area contributed by atoms with E-state index >= 15 is 0 Å². The van der Waals surface area contributed by atoms with Crippen LogP contribution in [0, 0.1) is 10.8 Å². The predicted octanol–water partition coefficient (Wildman–Crippen LogP) is 0.791. The molecule has 27 heavy (non-hydrogen) atoms. The number of nitrogens with zero attached hydrogens (tertiary/aromatic N) is 2. The Labute approximate surface area is 161 Å². The van der Waals surface area contributed by atoms with E-state index in [-0.39, 0.29) is 11.5 Å². The van der Waals surface area contributed by atoms with Gasteiger partial charge >= 0.3 is 11.9 Å². The van der Waals surface area contributed by atoms with Crippen molar-refractivity contribution in [1.82, 2.24) is 9.80 Å². The Hall–Kier alpha value is -1.18. The second-order valence-electron chi connectivity index (χ2n) is 9.05. The lowest BCUT2D eigenvalue weighted by Crippen LogP contribution is -2.80. The van der Waals surface area contributed by atoms with Crippen LogP contribution in [-0.4, -0.2) is 84.4 Å². The number of rotatable bonds is 3. The fourth-order valence-electron chi connectivity index (χ4n) is 7.48. The SMILES string of the molecule is CC[C@]12CCN3CCC[C@@]4(CCN(C)[C@H]4[C@@](O)(C(=O)OC)[C@@H]1OC(C)=O)[C@@H]32. The molecule has 7 nitrogen and oxygen atoms in total. The number of likely N-dealkylation sites (tertiary alicyclic amines) is 1. The van der Waals surface area contributed by atoms with Gasteiger partial charge in [-0.05, 0) is 58.8 Å². The van der Waals surface area contributed by atoms with Crippen LogP contribution in [0.3, 0.4) is 0 Å². The molecule has 0 aromatic rings. The highest BCUT2D eigenvalue weighted by molar-refractivity contribution is 5.83. The van der Waals surface area contributed by atoms with Crippen LogP contribution in [0.1, 0.15) is 46.0 Å². The van der Waals surface area contributed by atoms with E-state index < -0.39 is 35.1 Å². The number of hydrogen-bond acceptors (Lipinski definition) is 7. The van der Waals surface area contributed by atoms with Crippen LogP contribution in [0.25, 0.3) is 0 Å². The maximum atomic E-state index is 13.1. The number of carbonyl (C=O) groups excluding carboxylic acids is 2. The normalized spacial score (nSPS) is 46.6. The topological polar surface area (TPSA) is 79.3 Å².